The highest BCUT2D eigenvalue weighted by Gasteiger charge is 2.16. The lowest BCUT2D eigenvalue weighted by atomic mass is 10.1. The van der Waals surface area contributed by atoms with E-state index in [0.717, 1.165) is 11.3 Å². The number of methoxy groups -OCH3 is 2. The summed E-state index contributed by atoms with van der Waals surface area (Å²) in [6.07, 6.45) is -0.285. The fourth-order valence-corrected chi connectivity index (χ4v) is 2.18. The van der Waals surface area contributed by atoms with Gasteiger partial charge in [-0.1, -0.05) is 36.4 Å². The maximum Gasteiger partial charge on any atom is 0.258 e. The molecule has 0 aliphatic carbocycles. The first-order valence-electron chi connectivity index (χ1n) is 7.35. The van der Waals surface area contributed by atoms with Crippen LogP contribution in [0.4, 0.5) is 0 Å². The lowest BCUT2D eigenvalue weighted by Gasteiger charge is -2.19. The van der Waals surface area contributed by atoms with Crippen LogP contribution in [0.3, 0.4) is 0 Å². The minimum atomic E-state index is -0.285. The SMILES string of the molecule is COc1ccccc1C(CNC(=O)COc1ccccc1)OC. The van der Waals surface area contributed by atoms with Crippen LogP contribution in [0.2, 0.25) is 0 Å². The van der Waals surface area contributed by atoms with E-state index in [1.807, 2.05) is 42.5 Å². The van der Waals surface area contributed by atoms with E-state index in [4.69, 9.17) is 14.2 Å². The van der Waals surface area contributed by atoms with Crippen molar-refractivity contribution in [2.24, 2.45) is 0 Å². The molecule has 0 aliphatic rings. The van der Waals surface area contributed by atoms with Crippen LogP contribution >= 0.6 is 0 Å². The van der Waals surface area contributed by atoms with Gasteiger partial charge in [0.2, 0.25) is 0 Å². The Morgan fingerprint density at radius 2 is 1.74 bits per heavy atom. The van der Waals surface area contributed by atoms with E-state index < -0.39 is 0 Å². The number of benzene rings is 2. The molecule has 0 aromatic heterocycles. The summed E-state index contributed by atoms with van der Waals surface area (Å²) >= 11 is 0. The summed E-state index contributed by atoms with van der Waals surface area (Å²) in [6, 6.07) is 16.8. The Labute approximate surface area is 136 Å². The number of carbonyl (C=O) groups excluding carboxylic acids is 1. The molecule has 2 rings (SSSR count). The number of para-hydroxylation sites is 2. The maximum atomic E-state index is 11.9. The second kappa shape index (κ2) is 8.80. The molecule has 1 N–H and O–H groups in total. The van der Waals surface area contributed by atoms with E-state index in [0.29, 0.717) is 12.3 Å². The molecular weight excluding hydrogens is 294 g/mol. The van der Waals surface area contributed by atoms with Crippen LogP contribution in [0.15, 0.2) is 54.6 Å². The molecule has 0 saturated heterocycles. The summed E-state index contributed by atoms with van der Waals surface area (Å²) in [5, 5.41) is 2.81. The van der Waals surface area contributed by atoms with Crippen LogP contribution in [0.5, 0.6) is 11.5 Å². The van der Waals surface area contributed by atoms with Gasteiger partial charge in [-0.2, -0.15) is 0 Å². The molecule has 0 aliphatic heterocycles. The highest BCUT2D eigenvalue weighted by Crippen LogP contribution is 2.26. The monoisotopic (exact) mass is 315 g/mol. The number of carbonyl (C=O) groups is 1. The Hall–Kier alpha value is -2.53. The molecule has 1 unspecified atom stereocenters. The third-order valence-corrected chi connectivity index (χ3v) is 3.37. The van der Waals surface area contributed by atoms with E-state index in [-0.39, 0.29) is 18.6 Å². The second-order valence-electron chi connectivity index (χ2n) is 4.87. The van der Waals surface area contributed by atoms with E-state index in [2.05, 4.69) is 5.32 Å². The van der Waals surface area contributed by atoms with E-state index in [1.54, 1.807) is 26.4 Å². The van der Waals surface area contributed by atoms with Crippen LogP contribution in [-0.2, 0) is 9.53 Å². The molecule has 1 atom stereocenters. The zero-order valence-corrected chi connectivity index (χ0v) is 13.3. The fourth-order valence-electron chi connectivity index (χ4n) is 2.18. The minimum Gasteiger partial charge on any atom is -0.496 e. The van der Waals surface area contributed by atoms with Crippen molar-refractivity contribution in [2.75, 3.05) is 27.4 Å². The van der Waals surface area contributed by atoms with Crippen molar-refractivity contribution in [3.63, 3.8) is 0 Å². The van der Waals surface area contributed by atoms with Gasteiger partial charge in [0, 0.05) is 19.2 Å². The first kappa shape index (κ1) is 16.8. The molecule has 2 aromatic carbocycles. The van der Waals surface area contributed by atoms with Crippen LogP contribution in [0, 0.1) is 0 Å². The number of nitrogens with one attached hydrogen (secondary N) is 1. The van der Waals surface area contributed by atoms with Gasteiger partial charge in [-0.25, -0.2) is 0 Å². The molecule has 0 bridgehead atoms. The van der Waals surface area contributed by atoms with Crippen molar-refractivity contribution in [3.8, 4) is 11.5 Å². The number of amides is 1. The van der Waals surface area contributed by atoms with Crippen LogP contribution in [-0.4, -0.2) is 33.3 Å². The van der Waals surface area contributed by atoms with E-state index in [9.17, 15) is 4.79 Å². The van der Waals surface area contributed by atoms with Gasteiger partial charge in [-0.15, -0.1) is 0 Å². The topological polar surface area (TPSA) is 56.8 Å². The quantitative estimate of drug-likeness (QED) is 0.813. The summed E-state index contributed by atoms with van der Waals surface area (Å²) in [5.74, 6) is 1.19. The Morgan fingerprint density at radius 3 is 2.43 bits per heavy atom. The van der Waals surface area contributed by atoms with Crippen molar-refractivity contribution in [3.05, 3.63) is 60.2 Å². The van der Waals surface area contributed by atoms with Crippen LogP contribution in [0.1, 0.15) is 11.7 Å². The van der Waals surface area contributed by atoms with Gasteiger partial charge in [0.05, 0.1) is 7.11 Å². The van der Waals surface area contributed by atoms with Crippen molar-refractivity contribution in [1.82, 2.24) is 5.32 Å². The number of rotatable bonds is 8. The minimum absolute atomic E-state index is 0.0353. The Bertz CT molecular complexity index is 615. The molecule has 0 spiro atoms. The summed E-state index contributed by atoms with van der Waals surface area (Å²) < 4.78 is 16.2. The molecule has 0 heterocycles. The second-order valence-corrected chi connectivity index (χ2v) is 4.87. The highest BCUT2D eigenvalue weighted by molar-refractivity contribution is 5.77. The fraction of sp³-hybridized carbons (Fsp3) is 0.278. The van der Waals surface area contributed by atoms with Gasteiger partial charge in [-0.3, -0.25) is 4.79 Å². The predicted octanol–water partition coefficient (Wildman–Crippen LogP) is 2.58. The number of ether oxygens (including phenoxy) is 3. The first-order valence-corrected chi connectivity index (χ1v) is 7.35. The Balaban J connectivity index is 1.86. The van der Waals surface area contributed by atoms with Crippen molar-refractivity contribution >= 4 is 5.91 Å². The predicted molar refractivity (Wildman–Crippen MR) is 87.7 cm³/mol. The van der Waals surface area contributed by atoms with Crippen molar-refractivity contribution < 1.29 is 19.0 Å². The molecule has 0 fully saturated rings. The van der Waals surface area contributed by atoms with E-state index in [1.165, 1.54) is 0 Å². The summed E-state index contributed by atoms with van der Waals surface area (Å²) in [4.78, 5) is 11.9. The number of hydrogen-bond acceptors (Lipinski definition) is 4. The molecule has 122 valence electrons. The average molecular weight is 315 g/mol. The van der Waals surface area contributed by atoms with Gasteiger partial charge in [-0.05, 0) is 18.2 Å². The summed E-state index contributed by atoms with van der Waals surface area (Å²) in [7, 11) is 3.21. The zero-order valence-electron chi connectivity index (χ0n) is 13.3. The van der Waals surface area contributed by atoms with Crippen molar-refractivity contribution in [1.29, 1.82) is 0 Å². The van der Waals surface area contributed by atoms with Gasteiger partial charge < -0.3 is 19.5 Å². The smallest absolute Gasteiger partial charge is 0.258 e. The normalized spacial score (nSPS) is 11.6. The third-order valence-electron chi connectivity index (χ3n) is 3.37. The van der Waals surface area contributed by atoms with Gasteiger partial charge in [0.25, 0.3) is 5.91 Å². The number of hydrogen-bond donors (Lipinski definition) is 1. The average Bonchev–Trinajstić information content (AvgIpc) is 2.61. The molecule has 2 aromatic rings. The summed E-state index contributed by atoms with van der Waals surface area (Å²) in [6.45, 7) is 0.306. The molecule has 23 heavy (non-hydrogen) atoms. The molecular formula is C18H21NO4. The first-order chi connectivity index (χ1) is 11.2. The lowest BCUT2D eigenvalue weighted by Crippen LogP contribution is -2.33. The highest BCUT2D eigenvalue weighted by atomic mass is 16.5. The standard InChI is InChI=1S/C18H21NO4/c1-21-16-11-7-6-10-15(16)17(22-2)12-19-18(20)13-23-14-8-4-3-5-9-14/h3-11,17H,12-13H2,1-2H3,(H,19,20). The molecule has 0 saturated carbocycles. The Kier molecular flexibility index (Phi) is 6.44. The van der Waals surface area contributed by atoms with Gasteiger partial charge in [0.1, 0.15) is 17.6 Å². The molecule has 5 nitrogen and oxygen atoms in total. The van der Waals surface area contributed by atoms with Crippen LogP contribution in [0.25, 0.3) is 0 Å². The van der Waals surface area contributed by atoms with Gasteiger partial charge >= 0.3 is 0 Å². The van der Waals surface area contributed by atoms with E-state index >= 15 is 0 Å². The molecule has 0 radical (unpaired) electrons. The lowest BCUT2D eigenvalue weighted by molar-refractivity contribution is -0.123. The third kappa shape index (κ3) is 5.00. The molecule has 1 amide bonds. The van der Waals surface area contributed by atoms with Crippen LogP contribution < -0.4 is 14.8 Å². The maximum absolute atomic E-state index is 11.9. The Morgan fingerprint density at radius 1 is 1.04 bits per heavy atom. The largest absolute Gasteiger partial charge is 0.496 e. The molecule has 5 heteroatoms. The zero-order chi connectivity index (χ0) is 16.5. The van der Waals surface area contributed by atoms with Gasteiger partial charge in [0.15, 0.2) is 6.61 Å². The summed E-state index contributed by atoms with van der Waals surface area (Å²) in [5.41, 5.74) is 0.891. The van der Waals surface area contributed by atoms with Crippen molar-refractivity contribution in [2.45, 2.75) is 6.10 Å².